The molecule has 0 radical (unpaired) electrons. The summed E-state index contributed by atoms with van der Waals surface area (Å²) in [4.78, 5) is 6.67. The van der Waals surface area contributed by atoms with E-state index in [2.05, 4.69) is 32.3 Å². The molecule has 0 atom stereocenters. The third-order valence-corrected chi connectivity index (χ3v) is 3.86. The van der Waals surface area contributed by atoms with Crippen molar-refractivity contribution in [1.82, 2.24) is 4.90 Å². The third kappa shape index (κ3) is 6.10. The molecule has 2 nitrogen and oxygen atoms in total. The quantitative estimate of drug-likeness (QED) is 0.481. The van der Waals surface area contributed by atoms with E-state index in [-0.39, 0.29) is 17.0 Å². The van der Waals surface area contributed by atoms with Gasteiger partial charge in [-0.25, -0.2) is 13.8 Å². The summed E-state index contributed by atoms with van der Waals surface area (Å²) in [5, 5.41) is 0. The van der Waals surface area contributed by atoms with Crippen LogP contribution in [-0.2, 0) is 6.54 Å². The van der Waals surface area contributed by atoms with E-state index in [9.17, 15) is 8.78 Å². The molecule has 4 heteroatoms. The monoisotopic (exact) mass is 356 g/mol. The zero-order chi connectivity index (χ0) is 19.3. The van der Waals surface area contributed by atoms with Crippen LogP contribution in [-0.4, -0.2) is 17.8 Å². The summed E-state index contributed by atoms with van der Waals surface area (Å²) in [6.07, 6.45) is 0.715. The molecule has 0 bridgehead atoms. The van der Waals surface area contributed by atoms with Gasteiger partial charge in [0.2, 0.25) is 0 Å². The highest BCUT2D eigenvalue weighted by molar-refractivity contribution is 5.88. The van der Waals surface area contributed by atoms with Gasteiger partial charge in [0.1, 0.15) is 17.5 Å². The Bertz CT molecular complexity index is 804. The predicted molar refractivity (Wildman–Crippen MR) is 105 cm³/mol. The van der Waals surface area contributed by atoms with E-state index in [1.807, 2.05) is 18.0 Å². The van der Waals surface area contributed by atoms with E-state index in [0.717, 1.165) is 11.4 Å². The first-order valence-electron chi connectivity index (χ1n) is 8.62. The number of amidine groups is 1. The minimum Gasteiger partial charge on any atom is -0.359 e. The van der Waals surface area contributed by atoms with Crippen LogP contribution in [0.3, 0.4) is 0 Å². The Morgan fingerprint density at radius 2 is 1.65 bits per heavy atom. The van der Waals surface area contributed by atoms with Crippen LogP contribution >= 0.6 is 0 Å². The highest BCUT2D eigenvalue weighted by Gasteiger charge is 2.18. The Morgan fingerprint density at radius 3 is 2.23 bits per heavy atom. The molecule has 26 heavy (non-hydrogen) atoms. The molecule has 0 aliphatic rings. The van der Waals surface area contributed by atoms with Crippen LogP contribution in [0.25, 0.3) is 5.70 Å². The SMILES string of the molecule is C=C(N=C(CC(C)(C)C)N(C)Cc1cccc(F)c1)c1cccc(F)c1. The standard InChI is InChI=1S/C22H26F2N2/c1-16(18-9-7-11-20(24)13-18)25-21(14-22(2,3)4)26(5)15-17-8-6-10-19(23)12-17/h6-13H,1,14-15H2,2-5H3. The fourth-order valence-corrected chi connectivity index (χ4v) is 2.62. The molecule has 0 unspecified atom stereocenters. The molecule has 0 N–H and O–H groups in total. The summed E-state index contributed by atoms with van der Waals surface area (Å²) in [6.45, 7) is 10.9. The average Bonchev–Trinajstić information content (AvgIpc) is 2.53. The summed E-state index contributed by atoms with van der Waals surface area (Å²) in [5.41, 5.74) is 2.04. The zero-order valence-electron chi connectivity index (χ0n) is 15.9. The number of aliphatic imine (C=N–C) groups is 1. The van der Waals surface area contributed by atoms with Crippen LogP contribution in [0, 0.1) is 17.0 Å². The second kappa shape index (κ2) is 8.26. The Kier molecular flexibility index (Phi) is 6.30. The van der Waals surface area contributed by atoms with Crippen LogP contribution in [0.2, 0.25) is 0 Å². The largest absolute Gasteiger partial charge is 0.359 e. The molecule has 0 saturated heterocycles. The Labute approximate surface area is 154 Å². The molecule has 138 valence electrons. The van der Waals surface area contributed by atoms with Gasteiger partial charge in [-0.05, 0) is 35.2 Å². The molecule has 2 aromatic rings. The lowest BCUT2D eigenvalue weighted by atomic mass is 9.91. The smallest absolute Gasteiger partial charge is 0.123 e. The van der Waals surface area contributed by atoms with Crippen molar-refractivity contribution in [3.8, 4) is 0 Å². The molecular formula is C22H26F2N2. The van der Waals surface area contributed by atoms with Gasteiger partial charge in [-0.2, -0.15) is 0 Å². The minimum atomic E-state index is -0.315. The highest BCUT2D eigenvalue weighted by atomic mass is 19.1. The van der Waals surface area contributed by atoms with Gasteiger partial charge in [-0.15, -0.1) is 0 Å². The molecule has 0 amide bonds. The van der Waals surface area contributed by atoms with Crippen LogP contribution in [0.4, 0.5) is 8.78 Å². The van der Waals surface area contributed by atoms with Crippen molar-refractivity contribution < 1.29 is 8.78 Å². The Morgan fingerprint density at radius 1 is 1.04 bits per heavy atom. The highest BCUT2D eigenvalue weighted by Crippen LogP contribution is 2.24. The summed E-state index contributed by atoms with van der Waals surface area (Å²) in [5.74, 6) is 0.259. The van der Waals surface area contributed by atoms with Crippen LogP contribution < -0.4 is 0 Å². The van der Waals surface area contributed by atoms with Gasteiger partial charge in [0, 0.05) is 25.6 Å². The molecular weight excluding hydrogens is 330 g/mol. The lowest BCUT2D eigenvalue weighted by Crippen LogP contribution is -2.30. The molecule has 0 spiro atoms. The fourth-order valence-electron chi connectivity index (χ4n) is 2.62. The second-order valence-corrected chi connectivity index (χ2v) is 7.71. The van der Waals surface area contributed by atoms with E-state index in [0.29, 0.717) is 24.2 Å². The summed E-state index contributed by atoms with van der Waals surface area (Å²) >= 11 is 0. The van der Waals surface area contributed by atoms with Crippen molar-refractivity contribution in [1.29, 1.82) is 0 Å². The fraction of sp³-hybridized carbons (Fsp3) is 0.318. The topological polar surface area (TPSA) is 15.6 Å². The lowest BCUT2D eigenvalue weighted by molar-refractivity contribution is 0.395. The van der Waals surface area contributed by atoms with Gasteiger partial charge in [-0.3, -0.25) is 0 Å². The first-order valence-corrected chi connectivity index (χ1v) is 8.62. The van der Waals surface area contributed by atoms with E-state index >= 15 is 0 Å². The van der Waals surface area contributed by atoms with Crippen LogP contribution in [0.15, 0.2) is 60.1 Å². The van der Waals surface area contributed by atoms with Gasteiger partial charge in [0.25, 0.3) is 0 Å². The minimum absolute atomic E-state index is 0.0112. The van der Waals surface area contributed by atoms with Gasteiger partial charge in [-0.1, -0.05) is 51.6 Å². The van der Waals surface area contributed by atoms with Gasteiger partial charge < -0.3 is 4.90 Å². The summed E-state index contributed by atoms with van der Waals surface area (Å²) in [6, 6.07) is 12.8. The Balaban J connectivity index is 2.28. The molecule has 0 aliphatic carbocycles. The van der Waals surface area contributed by atoms with Gasteiger partial charge in [0.15, 0.2) is 0 Å². The molecule has 0 aromatic heterocycles. The molecule has 0 saturated carbocycles. The molecule has 0 aliphatic heterocycles. The maximum Gasteiger partial charge on any atom is 0.123 e. The normalized spacial score (nSPS) is 12.2. The van der Waals surface area contributed by atoms with E-state index in [1.165, 1.54) is 24.3 Å². The molecule has 2 aromatic carbocycles. The van der Waals surface area contributed by atoms with Crippen LogP contribution in [0.1, 0.15) is 38.3 Å². The lowest BCUT2D eigenvalue weighted by Gasteiger charge is -2.27. The van der Waals surface area contributed by atoms with Gasteiger partial charge >= 0.3 is 0 Å². The van der Waals surface area contributed by atoms with Crippen molar-refractivity contribution >= 4 is 11.5 Å². The first-order chi connectivity index (χ1) is 12.1. The second-order valence-electron chi connectivity index (χ2n) is 7.71. The maximum absolute atomic E-state index is 13.5. The number of benzene rings is 2. The van der Waals surface area contributed by atoms with Crippen molar-refractivity contribution in [2.24, 2.45) is 10.4 Å². The predicted octanol–water partition coefficient (Wildman–Crippen LogP) is 5.90. The molecule has 2 rings (SSSR count). The number of nitrogens with zero attached hydrogens (tertiary/aromatic N) is 2. The average molecular weight is 356 g/mol. The van der Waals surface area contributed by atoms with Crippen LogP contribution in [0.5, 0.6) is 0 Å². The summed E-state index contributed by atoms with van der Waals surface area (Å²) < 4.78 is 26.9. The number of hydrogen-bond acceptors (Lipinski definition) is 1. The molecule has 0 heterocycles. The van der Waals surface area contributed by atoms with Crippen molar-refractivity contribution in [2.75, 3.05) is 7.05 Å². The number of hydrogen-bond donors (Lipinski definition) is 0. The number of rotatable bonds is 5. The van der Waals surface area contributed by atoms with E-state index in [1.54, 1.807) is 18.2 Å². The van der Waals surface area contributed by atoms with E-state index < -0.39 is 0 Å². The number of halogens is 2. The van der Waals surface area contributed by atoms with Crippen molar-refractivity contribution in [3.63, 3.8) is 0 Å². The summed E-state index contributed by atoms with van der Waals surface area (Å²) in [7, 11) is 1.92. The van der Waals surface area contributed by atoms with Crippen molar-refractivity contribution in [3.05, 3.63) is 77.9 Å². The maximum atomic E-state index is 13.5. The molecule has 0 fully saturated rings. The van der Waals surface area contributed by atoms with E-state index in [4.69, 9.17) is 0 Å². The zero-order valence-corrected chi connectivity index (χ0v) is 15.9. The first kappa shape index (κ1) is 19.8. The van der Waals surface area contributed by atoms with Crippen molar-refractivity contribution in [2.45, 2.75) is 33.7 Å². The Hall–Kier alpha value is -2.49. The third-order valence-electron chi connectivity index (χ3n) is 3.86. The van der Waals surface area contributed by atoms with Gasteiger partial charge in [0.05, 0.1) is 5.70 Å².